The Morgan fingerprint density at radius 1 is 1.44 bits per heavy atom. The molecule has 106 valence electrons. The summed E-state index contributed by atoms with van der Waals surface area (Å²) in [6, 6.07) is 0. The van der Waals surface area contributed by atoms with Gasteiger partial charge in [0.25, 0.3) is 0 Å². The molecule has 3 atom stereocenters. The van der Waals surface area contributed by atoms with Crippen molar-refractivity contribution in [3.05, 3.63) is 0 Å². The fourth-order valence-electron chi connectivity index (χ4n) is 2.46. The van der Waals surface area contributed by atoms with Gasteiger partial charge in [0.15, 0.2) is 0 Å². The normalized spacial score (nSPS) is 28.9. The molecule has 1 unspecified atom stereocenters. The van der Waals surface area contributed by atoms with E-state index in [-0.39, 0.29) is 12.2 Å². The number of carboxylic acid groups (broad SMARTS) is 1. The molecule has 5 nitrogen and oxygen atoms in total. The molecule has 5 heteroatoms. The van der Waals surface area contributed by atoms with Crippen LogP contribution in [0.4, 0.5) is 0 Å². The predicted molar refractivity (Wildman–Crippen MR) is 70.8 cm³/mol. The lowest BCUT2D eigenvalue weighted by Gasteiger charge is -2.39. The summed E-state index contributed by atoms with van der Waals surface area (Å²) in [5.74, 6) is -0.789. The second kappa shape index (κ2) is 6.50. The number of carbonyl (C=O) groups is 1. The third-order valence-corrected chi connectivity index (χ3v) is 3.27. The molecule has 1 rings (SSSR count). The number of aliphatic carboxylic acids is 1. The van der Waals surface area contributed by atoms with E-state index < -0.39 is 11.5 Å². The quantitative estimate of drug-likeness (QED) is 0.742. The summed E-state index contributed by atoms with van der Waals surface area (Å²) in [6.45, 7) is 10.7. The van der Waals surface area contributed by atoms with Crippen LogP contribution in [0.5, 0.6) is 0 Å². The Morgan fingerprint density at radius 2 is 2.00 bits per heavy atom. The van der Waals surface area contributed by atoms with Gasteiger partial charge in [-0.2, -0.15) is 0 Å². The number of carboxylic acids is 1. The van der Waals surface area contributed by atoms with Crippen LogP contribution in [0.2, 0.25) is 0 Å². The monoisotopic (exact) mass is 258 g/mol. The van der Waals surface area contributed by atoms with Crippen LogP contribution in [0.25, 0.3) is 0 Å². The summed E-state index contributed by atoms with van der Waals surface area (Å²) in [4.78, 5) is 13.6. The first-order valence-electron chi connectivity index (χ1n) is 6.73. The van der Waals surface area contributed by atoms with E-state index >= 15 is 0 Å². The molecule has 2 N–H and O–H groups in total. The van der Waals surface area contributed by atoms with Gasteiger partial charge < -0.3 is 15.2 Å². The van der Waals surface area contributed by atoms with Crippen LogP contribution in [-0.4, -0.2) is 59.9 Å². The average Bonchev–Trinajstić information content (AvgIpc) is 2.24. The van der Waals surface area contributed by atoms with Crippen molar-refractivity contribution >= 4 is 5.97 Å². The van der Waals surface area contributed by atoms with Gasteiger partial charge in [0.1, 0.15) is 5.54 Å². The zero-order valence-corrected chi connectivity index (χ0v) is 11.9. The minimum atomic E-state index is -0.882. The molecule has 1 heterocycles. The second-order valence-electron chi connectivity index (χ2n) is 5.52. The molecule has 1 saturated heterocycles. The summed E-state index contributed by atoms with van der Waals surface area (Å²) >= 11 is 0. The zero-order chi connectivity index (χ0) is 13.8. The number of morpholine rings is 1. The van der Waals surface area contributed by atoms with Crippen LogP contribution in [0.1, 0.15) is 34.1 Å². The van der Waals surface area contributed by atoms with Crippen molar-refractivity contribution in [1.82, 2.24) is 10.2 Å². The third kappa shape index (κ3) is 4.23. The van der Waals surface area contributed by atoms with Crippen LogP contribution in [0.15, 0.2) is 0 Å². The number of hydrogen-bond donors (Lipinski definition) is 2. The smallest absolute Gasteiger partial charge is 0.324 e. The molecular formula is C13H26N2O3. The Morgan fingerprint density at radius 3 is 2.44 bits per heavy atom. The Labute approximate surface area is 109 Å². The van der Waals surface area contributed by atoms with Gasteiger partial charge >= 0.3 is 5.97 Å². The molecule has 0 saturated carbocycles. The SMILES string of the molecule is CCCNC(C)(CN1C[C@@H](C)O[C@@H](C)C1)C(=O)O. The maximum absolute atomic E-state index is 11.4. The van der Waals surface area contributed by atoms with E-state index in [1.807, 2.05) is 20.8 Å². The van der Waals surface area contributed by atoms with Gasteiger partial charge in [-0.3, -0.25) is 9.69 Å². The lowest BCUT2D eigenvalue weighted by Crippen LogP contribution is -2.60. The topological polar surface area (TPSA) is 61.8 Å². The van der Waals surface area contributed by atoms with Crippen LogP contribution >= 0.6 is 0 Å². The van der Waals surface area contributed by atoms with Crippen LogP contribution in [0.3, 0.4) is 0 Å². The Bertz CT molecular complexity index is 275. The lowest BCUT2D eigenvalue weighted by molar-refractivity contribution is -0.146. The highest BCUT2D eigenvalue weighted by Crippen LogP contribution is 2.15. The highest BCUT2D eigenvalue weighted by molar-refractivity contribution is 5.78. The number of nitrogens with one attached hydrogen (secondary N) is 1. The van der Waals surface area contributed by atoms with Crippen molar-refractivity contribution in [2.24, 2.45) is 0 Å². The highest BCUT2D eigenvalue weighted by Gasteiger charge is 2.36. The molecule has 0 aromatic carbocycles. The van der Waals surface area contributed by atoms with E-state index in [1.54, 1.807) is 6.92 Å². The summed E-state index contributed by atoms with van der Waals surface area (Å²) in [6.07, 6.45) is 1.26. The molecule has 0 spiro atoms. The molecule has 0 aromatic rings. The van der Waals surface area contributed by atoms with Gasteiger partial charge in [-0.15, -0.1) is 0 Å². The fourth-order valence-corrected chi connectivity index (χ4v) is 2.46. The molecule has 0 amide bonds. The predicted octanol–water partition coefficient (Wildman–Crippen LogP) is 0.939. The van der Waals surface area contributed by atoms with Gasteiger partial charge in [-0.25, -0.2) is 0 Å². The second-order valence-corrected chi connectivity index (χ2v) is 5.52. The number of ether oxygens (including phenoxy) is 1. The molecule has 1 aliphatic heterocycles. The van der Waals surface area contributed by atoms with Crippen molar-refractivity contribution in [3.8, 4) is 0 Å². The highest BCUT2D eigenvalue weighted by atomic mass is 16.5. The van der Waals surface area contributed by atoms with Crippen molar-refractivity contribution in [2.45, 2.75) is 51.9 Å². The van der Waals surface area contributed by atoms with E-state index in [0.29, 0.717) is 6.54 Å². The Kier molecular flexibility index (Phi) is 5.56. The van der Waals surface area contributed by atoms with E-state index in [1.165, 1.54) is 0 Å². The van der Waals surface area contributed by atoms with E-state index in [2.05, 4.69) is 10.2 Å². The minimum Gasteiger partial charge on any atom is -0.480 e. The minimum absolute atomic E-state index is 0.165. The third-order valence-electron chi connectivity index (χ3n) is 3.27. The first kappa shape index (κ1) is 15.4. The number of rotatable bonds is 6. The molecule has 0 radical (unpaired) electrons. The molecule has 0 aliphatic carbocycles. The number of nitrogens with zero attached hydrogens (tertiary/aromatic N) is 1. The largest absolute Gasteiger partial charge is 0.480 e. The summed E-state index contributed by atoms with van der Waals surface area (Å²) in [7, 11) is 0. The van der Waals surface area contributed by atoms with Gasteiger partial charge in [0.05, 0.1) is 12.2 Å². The fraction of sp³-hybridized carbons (Fsp3) is 0.923. The van der Waals surface area contributed by atoms with Crippen molar-refractivity contribution in [1.29, 1.82) is 0 Å². The molecule has 1 fully saturated rings. The van der Waals surface area contributed by atoms with Crippen molar-refractivity contribution < 1.29 is 14.6 Å². The van der Waals surface area contributed by atoms with Gasteiger partial charge in [0.2, 0.25) is 0 Å². The van der Waals surface area contributed by atoms with Gasteiger partial charge in [-0.05, 0) is 33.7 Å². The molecule has 1 aliphatic rings. The lowest BCUT2D eigenvalue weighted by atomic mass is 10.0. The van der Waals surface area contributed by atoms with Crippen LogP contribution in [0, 0.1) is 0 Å². The molecular weight excluding hydrogens is 232 g/mol. The summed E-state index contributed by atoms with van der Waals surface area (Å²) in [5.41, 5.74) is -0.882. The Hall–Kier alpha value is -0.650. The maximum atomic E-state index is 11.4. The van der Waals surface area contributed by atoms with E-state index in [4.69, 9.17) is 4.74 Å². The van der Waals surface area contributed by atoms with Crippen molar-refractivity contribution in [3.63, 3.8) is 0 Å². The molecule has 0 aromatic heterocycles. The van der Waals surface area contributed by atoms with Crippen LogP contribution < -0.4 is 5.32 Å². The first-order chi connectivity index (χ1) is 8.37. The molecule has 0 bridgehead atoms. The maximum Gasteiger partial charge on any atom is 0.324 e. The number of hydrogen-bond acceptors (Lipinski definition) is 4. The average molecular weight is 258 g/mol. The van der Waals surface area contributed by atoms with Gasteiger partial charge in [-0.1, -0.05) is 6.92 Å². The summed E-state index contributed by atoms with van der Waals surface area (Å²) in [5, 5.41) is 12.5. The standard InChI is InChI=1S/C13H26N2O3/c1-5-6-14-13(4,12(16)17)9-15-7-10(2)18-11(3)8-15/h10-11,14H,5-9H2,1-4H3,(H,16,17)/t10-,11+,13?. The Balaban J connectivity index is 2.62. The first-order valence-corrected chi connectivity index (χ1v) is 6.73. The van der Waals surface area contributed by atoms with Crippen LogP contribution in [-0.2, 0) is 9.53 Å². The molecule has 18 heavy (non-hydrogen) atoms. The van der Waals surface area contributed by atoms with Gasteiger partial charge in [0, 0.05) is 19.6 Å². The zero-order valence-electron chi connectivity index (χ0n) is 11.9. The van der Waals surface area contributed by atoms with E-state index in [9.17, 15) is 9.90 Å². The summed E-state index contributed by atoms with van der Waals surface area (Å²) < 4.78 is 5.66. The van der Waals surface area contributed by atoms with E-state index in [0.717, 1.165) is 26.1 Å². The van der Waals surface area contributed by atoms with Crippen molar-refractivity contribution in [2.75, 3.05) is 26.2 Å².